The molecule has 1 amide bonds. The van der Waals surface area contributed by atoms with Crippen LogP contribution >= 0.6 is 0 Å². The molecule has 0 spiro atoms. The molecule has 0 atom stereocenters. The summed E-state index contributed by atoms with van der Waals surface area (Å²) in [5.41, 5.74) is 1.96. The van der Waals surface area contributed by atoms with Crippen LogP contribution in [-0.2, 0) is 13.1 Å². The summed E-state index contributed by atoms with van der Waals surface area (Å²) in [5.74, 6) is 0.347. The Morgan fingerprint density at radius 1 is 1.20 bits per heavy atom. The molecule has 102 valence electrons. The van der Waals surface area contributed by atoms with Crippen molar-refractivity contribution < 1.29 is 13.9 Å². The Hall–Kier alpha value is -2.36. The van der Waals surface area contributed by atoms with Crippen molar-refractivity contribution in [2.75, 3.05) is 7.11 Å². The van der Waals surface area contributed by atoms with Crippen LogP contribution in [0.25, 0.3) is 0 Å². The third-order valence-electron chi connectivity index (χ3n) is 3.52. The van der Waals surface area contributed by atoms with E-state index in [1.165, 1.54) is 6.07 Å². The minimum Gasteiger partial charge on any atom is -0.497 e. The molecule has 0 saturated heterocycles. The van der Waals surface area contributed by atoms with Gasteiger partial charge in [0.05, 0.1) is 13.7 Å². The van der Waals surface area contributed by atoms with E-state index in [1.807, 2.05) is 24.3 Å². The lowest BCUT2D eigenvalue weighted by molar-refractivity contribution is 0.0766. The Morgan fingerprint density at radius 2 is 1.95 bits per heavy atom. The van der Waals surface area contributed by atoms with E-state index in [0.29, 0.717) is 24.2 Å². The second-order valence-corrected chi connectivity index (χ2v) is 4.78. The quantitative estimate of drug-likeness (QED) is 0.859. The van der Waals surface area contributed by atoms with Crippen LogP contribution in [0.3, 0.4) is 0 Å². The minimum absolute atomic E-state index is 0.115. The number of hydrogen-bond acceptors (Lipinski definition) is 2. The van der Waals surface area contributed by atoms with Gasteiger partial charge in [-0.25, -0.2) is 4.39 Å². The van der Waals surface area contributed by atoms with Gasteiger partial charge in [-0.3, -0.25) is 4.79 Å². The molecule has 20 heavy (non-hydrogen) atoms. The number of methoxy groups -OCH3 is 1. The van der Waals surface area contributed by atoms with E-state index < -0.39 is 0 Å². The number of ether oxygens (including phenoxy) is 1. The first kappa shape index (κ1) is 12.7. The molecule has 3 nitrogen and oxygen atoms in total. The van der Waals surface area contributed by atoms with Crippen LogP contribution in [0.4, 0.5) is 4.39 Å². The predicted octanol–water partition coefficient (Wildman–Crippen LogP) is 2.99. The molecule has 4 heteroatoms. The van der Waals surface area contributed by atoms with Crippen molar-refractivity contribution in [1.29, 1.82) is 0 Å². The number of carbonyl (C=O) groups is 1. The third kappa shape index (κ3) is 2.13. The molecule has 1 heterocycles. The second kappa shape index (κ2) is 4.96. The zero-order chi connectivity index (χ0) is 14.1. The Kier molecular flexibility index (Phi) is 3.14. The molecule has 0 radical (unpaired) electrons. The Morgan fingerprint density at radius 3 is 2.60 bits per heavy atom. The van der Waals surface area contributed by atoms with Gasteiger partial charge in [0, 0.05) is 17.7 Å². The highest BCUT2D eigenvalue weighted by Crippen LogP contribution is 2.26. The molecule has 0 aliphatic carbocycles. The molecular weight excluding hydrogens is 257 g/mol. The maximum absolute atomic E-state index is 13.7. The van der Waals surface area contributed by atoms with Crippen LogP contribution in [0.5, 0.6) is 5.75 Å². The van der Waals surface area contributed by atoms with Crippen molar-refractivity contribution in [3.05, 3.63) is 65.0 Å². The van der Waals surface area contributed by atoms with Crippen molar-refractivity contribution >= 4 is 5.91 Å². The molecule has 3 rings (SSSR count). The molecule has 0 N–H and O–H groups in total. The van der Waals surface area contributed by atoms with Crippen molar-refractivity contribution in [3.8, 4) is 5.75 Å². The topological polar surface area (TPSA) is 29.5 Å². The number of halogens is 1. The number of carbonyl (C=O) groups excluding carboxylic acids is 1. The summed E-state index contributed by atoms with van der Waals surface area (Å²) in [7, 11) is 1.61. The lowest BCUT2D eigenvalue weighted by atomic mass is 10.1. The molecule has 0 unspecified atom stereocenters. The van der Waals surface area contributed by atoms with Crippen LogP contribution in [0.1, 0.15) is 21.5 Å². The Bertz CT molecular complexity index is 652. The highest BCUT2D eigenvalue weighted by atomic mass is 19.1. The van der Waals surface area contributed by atoms with Gasteiger partial charge in [0.1, 0.15) is 11.6 Å². The first-order valence-electron chi connectivity index (χ1n) is 6.38. The standard InChI is InChI=1S/C16H14FNO2/c1-20-12-7-5-11(6-8-12)9-18-10-14-13(16(18)19)3-2-4-15(14)17/h2-8H,9-10H2,1H3. The summed E-state index contributed by atoms with van der Waals surface area (Å²) in [6.07, 6.45) is 0. The van der Waals surface area contributed by atoms with Crippen LogP contribution < -0.4 is 4.74 Å². The first-order valence-corrected chi connectivity index (χ1v) is 6.38. The molecule has 1 aliphatic heterocycles. The largest absolute Gasteiger partial charge is 0.497 e. The van der Waals surface area contributed by atoms with Crippen molar-refractivity contribution in [2.45, 2.75) is 13.1 Å². The third-order valence-corrected chi connectivity index (χ3v) is 3.52. The number of amides is 1. The van der Waals surface area contributed by atoms with Gasteiger partial charge in [0.15, 0.2) is 0 Å². The van der Waals surface area contributed by atoms with Crippen LogP contribution in [0.15, 0.2) is 42.5 Å². The summed E-state index contributed by atoms with van der Waals surface area (Å²) >= 11 is 0. The fourth-order valence-corrected chi connectivity index (χ4v) is 2.43. The van der Waals surface area contributed by atoms with E-state index in [1.54, 1.807) is 24.1 Å². The van der Waals surface area contributed by atoms with Crippen molar-refractivity contribution in [3.63, 3.8) is 0 Å². The number of benzene rings is 2. The normalized spacial score (nSPS) is 13.5. The molecule has 0 bridgehead atoms. The van der Waals surface area contributed by atoms with Gasteiger partial charge in [-0.05, 0) is 29.8 Å². The highest BCUT2D eigenvalue weighted by Gasteiger charge is 2.29. The van der Waals surface area contributed by atoms with Gasteiger partial charge < -0.3 is 9.64 Å². The number of fused-ring (bicyclic) bond motifs is 1. The number of rotatable bonds is 3. The molecule has 1 aliphatic rings. The van der Waals surface area contributed by atoms with Crippen LogP contribution in [0.2, 0.25) is 0 Å². The monoisotopic (exact) mass is 271 g/mol. The van der Waals surface area contributed by atoms with Gasteiger partial charge in [-0.15, -0.1) is 0 Å². The second-order valence-electron chi connectivity index (χ2n) is 4.78. The van der Waals surface area contributed by atoms with E-state index in [4.69, 9.17) is 4.74 Å². The summed E-state index contributed by atoms with van der Waals surface area (Å²) in [4.78, 5) is 13.9. The molecule has 2 aromatic rings. The van der Waals surface area contributed by atoms with E-state index in [0.717, 1.165) is 11.3 Å². The lowest BCUT2D eigenvalue weighted by Crippen LogP contribution is -2.23. The van der Waals surface area contributed by atoms with Gasteiger partial charge in [-0.2, -0.15) is 0 Å². The van der Waals surface area contributed by atoms with E-state index in [9.17, 15) is 9.18 Å². The molecule has 0 fully saturated rings. The van der Waals surface area contributed by atoms with E-state index >= 15 is 0 Å². The SMILES string of the molecule is COc1ccc(CN2Cc3c(F)cccc3C2=O)cc1. The molecule has 0 aromatic heterocycles. The predicted molar refractivity (Wildman–Crippen MR) is 73.0 cm³/mol. The van der Waals surface area contributed by atoms with Crippen LogP contribution in [0, 0.1) is 5.82 Å². The molecule has 0 saturated carbocycles. The lowest BCUT2D eigenvalue weighted by Gasteiger charge is -2.15. The first-order chi connectivity index (χ1) is 9.69. The summed E-state index contributed by atoms with van der Waals surface area (Å²) < 4.78 is 18.8. The summed E-state index contributed by atoms with van der Waals surface area (Å²) in [6.45, 7) is 0.795. The molecule has 2 aromatic carbocycles. The zero-order valence-corrected chi connectivity index (χ0v) is 11.1. The maximum Gasteiger partial charge on any atom is 0.254 e. The Balaban J connectivity index is 1.80. The fourth-order valence-electron chi connectivity index (χ4n) is 2.43. The highest BCUT2D eigenvalue weighted by molar-refractivity contribution is 5.98. The minimum atomic E-state index is -0.312. The fraction of sp³-hybridized carbons (Fsp3) is 0.188. The summed E-state index contributed by atoms with van der Waals surface area (Å²) in [6, 6.07) is 12.2. The number of hydrogen-bond donors (Lipinski definition) is 0. The Labute approximate surface area is 116 Å². The molecular formula is C16H14FNO2. The van der Waals surface area contributed by atoms with Gasteiger partial charge >= 0.3 is 0 Å². The van der Waals surface area contributed by atoms with Crippen LogP contribution in [-0.4, -0.2) is 17.9 Å². The van der Waals surface area contributed by atoms with Gasteiger partial charge in [0.2, 0.25) is 0 Å². The average Bonchev–Trinajstić information content (AvgIpc) is 2.79. The van der Waals surface area contributed by atoms with Crippen molar-refractivity contribution in [1.82, 2.24) is 4.90 Å². The van der Waals surface area contributed by atoms with E-state index in [2.05, 4.69) is 0 Å². The maximum atomic E-state index is 13.7. The average molecular weight is 271 g/mol. The van der Waals surface area contributed by atoms with Gasteiger partial charge in [0.25, 0.3) is 5.91 Å². The van der Waals surface area contributed by atoms with E-state index in [-0.39, 0.29) is 11.7 Å². The van der Waals surface area contributed by atoms with Gasteiger partial charge in [-0.1, -0.05) is 18.2 Å². The smallest absolute Gasteiger partial charge is 0.254 e. The van der Waals surface area contributed by atoms with Crippen molar-refractivity contribution in [2.24, 2.45) is 0 Å². The number of nitrogens with zero attached hydrogens (tertiary/aromatic N) is 1. The summed E-state index contributed by atoms with van der Waals surface area (Å²) in [5, 5.41) is 0. The zero-order valence-electron chi connectivity index (χ0n) is 11.1.